The number of nitrogens with one attached hydrogen (secondary N) is 1. The number of rotatable bonds is 4. The Kier molecular flexibility index (Phi) is 4.20. The standard InChI is InChI=1S/C13H23N3/c1-16-12-5-4-6-13(16)10-11(9-12)15-8-3-2-7-14/h11-13,15H,2-6,8-10H2,1H3. The summed E-state index contributed by atoms with van der Waals surface area (Å²) in [6.07, 6.45) is 8.47. The Bertz CT molecular complexity index is 244. The van der Waals surface area contributed by atoms with E-state index in [1.807, 2.05) is 0 Å². The molecular weight excluding hydrogens is 198 g/mol. The Morgan fingerprint density at radius 2 is 2.00 bits per heavy atom. The molecule has 90 valence electrons. The van der Waals surface area contributed by atoms with Gasteiger partial charge in [0, 0.05) is 24.5 Å². The molecule has 0 aliphatic carbocycles. The maximum Gasteiger partial charge on any atom is 0.0622 e. The van der Waals surface area contributed by atoms with Crippen molar-refractivity contribution >= 4 is 0 Å². The Morgan fingerprint density at radius 1 is 1.31 bits per heavy atom. The van der Waals surface area contributed by atoms with Gasteiger partial charge in [-0.3, -0.25) is 0 Å². The van der Waals surface area contributed by atoms with E-state index in [9.17, 15) is 0 Å². The molecule has 0 aromatic heterocycles. The lowest BCUT2D eigenvalue weighted by atomic mass is 9.82. The number of unbranched alkanes of at least 4 members (excludes halogenated alkanes) is 1. The van der Waals surface area contributed by atoms with Crippen molar-refractivity contribution in [2.24, 2.45) is 0 Å². The van der Waals surface area contributed by atoms with E-state index in [4.69, 9.17) is 5.26 Å². The van der Waals surface area contributed by atoms with Gasteiger partial charge in [0.1, 0.15) is 0 Å². The van der Waals surface area contributed by atoms with Crippen molar-refractivity contribution in [3.05, 3.63) is 0 Å². The van der Waals surface area contributed by atoms with Crippen LogP contribution >= 0.6 is 0 Å². The van der Waals surface area contributed by atoms with Crippen molar-refractivity contribution in [3.8, 4) is 6.07 Å². The molecule has 2 atom stereocenters. The minimum absolute atomic E-state index is 0.687. The largest absolute Gasteiger partial charge is 0.314 e. The quantitative estimate of drug-likeness (QED) is 0.737. The lowest BCUT2D eigenvalue weighted by Gasteiger charge is -2.47. The fraction of sp³-hybridized carbons (Fsp3) is 0.923. The molecule has 16 heavy (non-hydrogen) atoms. The smallest absolute Gasteiger partial charge is 0.0622 e. The fourth-order valence-electron chi connectivity index (χ4n) is 3.26. The Labute approximate surface area is 98.8 Å². The summed E-state index contributed by atoms with van der Waals surface area (Å²) in [4.78, 5) is 2.59. The van der Waals surface area contributed by atoms with Gasteiger partial charge in [0.2, 0.25) is 0 Å². The van der Waals surface area contributed by atoms with E-state index in [1.54, 1.807) is 0 Å². The predicted molar refractivity (Wildman–Crippen MR) is 65.1 cm³/mol. The van der Waals surface area contributed by atoms with E-state index in [1.165, 1.54) is 32.1 Å². The van der Waals surface area contributed by atoms with E-state index >= 15 is 0 Å². The predicted octanol–water partition coefficient (Wildman–Crippen LogP) is 1.90. The fourth-order valence-corrected chi connectivity index (χ4v) is 3.26. The van der Waals surface area contributed by atoms with Gasteiger partial charge >= 0.3 is 0 Å². The van der Waals surface area contributed by atoms with Gasteiger partial charge in [0.15, 0.2) is 0 Å². The molecule has 2 bridgehead atoms. The highest BCUT2D eigenvalue weighted by Gasteiger charge is 2.35. The van der Waals surface area contributed by atoms with Gasteiger partial charge in [-0.2, -0.15) is 5.26 Å². The van der Waals surface area contributed by atoms with Gasteiger partial charge in [-0.05, 0) is 45.7 Å². The van der Waals surface area contributed by atoms with E-state index in [0.717, 1.165) is 25.0 Å². The molecule has 2 aliphatic heterocycles. The van der Waals surface area contributed by atoms with Crippen LogP contribution in [0.1, 0.15) is 44.9 Å². The molecule has 2 aliphatic rings. The lowest BCUT2D eigenvalue weighted by Crippen LogP contribution is -2.54. The minimum Gasteiger partial charge on any atom is -0.314 e. The Morgan fingerprint density at radius 3 is 2.62 bits per heavy atom. The number of hydrogen-bond donors (Lipinski definition) is 1. The van der Waals surface area contributed by atoms with Gasteiger partial charge in [0.05, 0.1) is 6.07 Å². The van der Waals surface area contributed by atoms with Crippen LogP contribution in [0.15, 0.2) is 0 Å². The van der Waals surface area contributed by atoms with E-state index < -0.39 is 0 Å². The first-order chi connectivity index (χ1) is 7.81. The number of hydrogen-bond acceptors (Lipinski definition) is 3. The summed E-state index contributed by atoms with van der Waals surface area (Å²) in [5.74, 6) is 0. The zero-order valence-corrected chi connectivity index (χ0v) is 10.3. The summed E-state index contributed by atoms with van der Waals surface area (Å²) >= 11 is 0. The summed E-state index contributed by atoms with van der Waals surface area (Å²) in [5, 5.41) is 12.1. The first-order valence-corrected chi connectivity index (χ1v) is 6.63. The number of fused-ring (bicyclic) bond motifs is 2. The summed E-state index contributed by atoms with van der Waals surface area (Å²) in [7, 11) is 2.29. The molecule has 3 nitrogen and oxygen atoms in total. The van der Waals surface area contributed by atoms with Gasteiger partial charge in [-0.25, -0.2) is 0 Å². The number of nitriles is 1. The van der Waals surface area contributed by atoms with Crippen LogP contribution < -0.4 is 5.32 Å². The van der Waals surface area contributed by atoms with Crippen LogP contribution in [0.2, 0.25) is 0 Å². The molecular formula is C13H23N3. The maximum absolute atomic E-state index is 8.48. The molecule has 0 radical (unpaired) electrons. The van der Waals surface area contributed by atoms with Crippen LogP contribution in [0.5, 0.6) is 0 Å². The van der Waals surface area contributed by atoms with Gasteiger partial charge in [0.25, 0.3) is 0 Å². The molecule has 2 rings (SSSR count). The third-order valence-corrected chi connectivity index (χ3v) is 4.24. The Balaban J connectivity index is 1.74. The maximum atomic E-state index is 8.48. The molecule has 2 unspecified atom stereocenters. The van der Waals surface area contributed by atoms with E-state index in [0.29, 0.717) is 12.5 Å². The molecule has 1 N–H and O–H groups in total. The van der Waals surface area contributed by atoms with Gasteiger partial charge in [-0.1, -0.05) is 6.42 Å². The highest BCUT2D eigenvalue weighted by Crippen LogP contribution is 2.32. The first kappa shape index (κ1) is 11.9. The third kappa shape index (κ3) is 2.75. The first-order valence-electron chi connectivity index (χ1n) is 6.63. The highest BCUT2D eigenvalue weighted by molar-refractivity contribution is 4.93. The summed E-state index contributed by atoms with van der Waals surface area (Å²) in [6.45, 7) is 1.02. The normalized spacial score (nSPS) is 34.6. The Hall–Kier alpha value is -0.590. The molecule has 0 aromatic carbocycles. The van der Waals surface area contributed by atoms with Crippen molar-refractivity contribution < 1.29 is 0 Å². The monoisotopic (exact) mass is 221 g/mol. The zero-order valence-electron chi connectivity index (χ0n) is 10.3. The van der Waals surface area contributed by atoms with Crippen molar-refractivity contribution in [1.29, 1.82) is 5.26 Å². The van der Waals surface area contributed by atoms with E-state index in [-0.39, 0.29) is 0 Å². The topological polar surface area (TPSA) is 39.1 Å². The van der Waals surface area contributed by atoms with Gasteiger partial charge < -0.3 is 10.2 Å². The molecule has 2 heterocycles. The van der Waals surface area contributed by atoms with Crippen LogP contribution in [0.4, 0.5) is 0 Å². The minimum atomic E-state index is 0.687. The molecule has 0 saturated carbocycles. The van der Waals surface area contributed by atoms with E-state index in [2.05, 4.69) is 23.3 Å². The van der Waals surface area contributed by atoms with Crippen LogP contribution in [-0.4, -0.2) is 36.6 Å². The molecule has 3 heteroatoms. The summed E-state index contributed by atoms with van der Waals surface area (Å²) in [6, 6.07) is 4.52. The molecule has 2 saturated heterocycles. The van der Waals surface area contributed by atoms with Crippen molar-refractivity contribution in [3.63, 3.8) is 0 Å². The van der Waals surface area contributed by atoms with Crippen molar-refractivity contribution in [2.75, 3.05) is 13.6 Å². The second-order valence-electron chi connectivity index (χ2n) is 5.29. The second-order valence-corrected chi connectivity index (χ2v) is 5.29. The molecule has 0 aromatic rings. The summed E-state index contributed by atoms with van der Waals surface area (Å²) < 4.78 is 0. The highest BCUT2D eigenvalue weighted by atomic mass is 15.2. The van der Waals surface area contributed by atoms with Gasteiger partial charge in [-0.15, -0.1) is 0 Å². The second kappa shape index (κ2) is 5.65. The number of nitrogens with zero attached hydrogens (tertiary/aromatic N) is 2. The molecule has 0 spiro atoms. The van der Waals surface area contributed by atoms with Crippen LogP contribution in [0, 0.1) is 11.3 Å². The molecule has 0 amide bonds. The van der Waals surface area contributed by atoms with Crippen molar-refractivity contribution in [2.45, 2.75) is 63.1 Å². The van der Waals surface area contributed by atoms with Crippen LogP contribution in [0.25, 0.3) is 0 Å². The zero-order chi connectivity index (χ0) is 11.4. The lowest BCUT2D eigenvalue weighted by molar-refractivity contribution is 0.0487. The average Bonchev–Trinajstić information content (AvgIpc) is 2.25. The third-order valence-electron chi connectivity index (χ3n) is 4.24. The SMILES string of the molecule is CN1C2CCCC1CC(NCCCC#N)C2. The molecule has 2 fully saturated rings. The van der Waals surface area contributed by atoms with Crippen molar-refractivity contribution in [1.82, 2.24) is 10.2 Å². The average molecular weight is 221 g/mol. The summed E-state index contributed by atoms with van der Waals surface area (Å²) in [5.41, 5.74) is 0. The van der Waals surface area contributed by atoms with Crippen LogP contribution in [0.3, 0.4) is 0 Å². The van der Waals surface area contributed by atoms with Crippen LogP contribution in [-0.2, 0) is 0 Å². The number of piperidine rings is 2.